The van der Waals surface area contributed by atoms with Crippen LogP contribution in [0.5, 0.6) is 11.5 Å². The van der Waals surface area contributed by atoms with Crippen molar-refractivity contribution in [3.63, 3.8) is 0 Å². The molecular formula is C35H41ClF2N6O4S. The molecule has 262 valence electrons. The van der Waals surface area contributed by atoms with Crippen LogP contribution >= 0.6 is 23.7 Å². The van der Waals surface area contributed by atoms with Crippen molar-refractivity contribution in [3.05, 3.63) is 82.1 Å². The van der Waals surface area contributed by atoms with Gasteiger partial charge in [-0.05, 0) is 81.8 Å². The lowest BCUT2D eigenvalue weighted by Gasteiger charge is -2.36. The number of piperazine rings is 1. The van der Waals surface area contributed by atoms with E-state index in [9.17, 15) is 18.4 Å². The molecule has 2 fully saturated rings. The highest BCUT2D eigenvalue weighted by atomic mass is 35.5. The van der Waals surface area contributed by atoms with Crippen LogP contribution in [0, 0.1) is 5.82 Å². The van der Waals surface area contributed by atoms with E-state index in [1.807, 2.05) is 63.2 Å². The topological polar surface area (TPSA) is 92.2 Å². The summed E-state index contributed by atoms with van der Waals surface area (Å²) < 4.78 is 46.0. The molecule has 14 heteroatoms. The zero-order chi connectivity index (χ0) is 35.3. The molecule has 1 atom stereocenters. The number of carbonyl (C=O) groups is 1. The molecule has 2 aliphatic heterocycles. The van der Waals surface area contributed by atoms with Crippen LogP contribution in [0.3, 0.4) is 0 Å². The lowest BCUT2D eigenvalue weighted by molar-refractivity contribution is 0.0240. The number of halogens is 3. The number of carbonyl (C=O) groups excluding carboxylic acids is 1. The second kappa shape index (κ2) is 15.6. The first-order valence-corrected chi connectivity index (χ1v) is 17.4. The highest BCUT2D eigenvalue weighted by molar-refractivity contribution is 7.98. The summed E-state index contributed by atoms with van der Waals surface area (Å²) in [6.45, 7) is 12.8. The van der Waals surface area contributed by atoms with Gasteiger partial charge in [0.2, 0.25) is 0 Å². The van der Waals surface area contributed by atoms with Crippen LogP contribution in [0.15, 0.2) is 65.7 Å². The number of rotatable bonds is 7. The third-order valence-corrected chi connectivity index (χ3v) is 9.08. The Kier molecular flexibility index (Phi) is 11.6. The Labute approximate surface area is 294 Å². The number of alkyl halides is 1. The molecule has 2 saturated heterocycles. The summed E-state index contributed by atoms with van der Waals surface area (Å²) in [6.07, 6.45) is 0.737. The van der Waals surface area contributed by atoms with Crippen LogP contribution < -0.4 is 19.9 Å². The van der Waals surface area contributed by atoms with Crippen molar-refractivity contribution in [1.29, 1.82) is 0 Å². The second-order valence-corrected chi connectivity index (χ2v) is 13.7. The molecule has 1 amide bonds. The summed E-state index contributed by atoms with van der Waals surface area (Å²) in [6, 6.07) is 15.0. The van der Waals surface area contributed by atoms with Crippen molar-refractivity contribution < 1.29 is 23.0 Å². The van der Waals surface area contributed by atoms with E-state index in [4.69, 9.17) is 21.1 Å². The first kappa shape index (κ1) is 36.2. The molecule has 4 aromatic rings. The molecule has 0 radical (unpaired) electrons. The molecule has 49 heavy (non-hydrogen) atoms. The average Bonchev–Trinajstić information content (AvgIpc) is 3.51. The maximum absolute atomic E-state index is 14.9. The average molecular weight is 715 g/mol. The van der Waals surface area contributed by atoms with Gasteiger partial charge in [-0.1, -0.05) is 25.4 Å². The van der Waals surface area contributed by atoms with Gasteiger partial charge in [-0.25, -0.2) is 22.9 Å². The number of hydrogen-bond donors (Lipinski definition) is 1. The van der Waals surface area contributed by atoms with Crippen molar-refractivity contribution in [1.82, 2.24) is 18.8 Å². The van der Waals surface area contributed by atoms with Crippen molar-refractivity contribution in [2.24, 2.45) is 0 Å². The van der Waals surface area contributed by atoms with Gasteiger partial charge in [-0.3, -0.25) is 9.36 Å². The van der Waals surface area contributed by atoms with Gasteiger partial charge in [0, 0.05) is 57.1 Å². The predicted molar refractivity (Wildman–Crippen MR) is 192 cm³/mol. The van der Waals surface area contributed by atoms with Gasteiger partial charge in [0.15, 0.2) is 11.6 Å². The lowest BCUT2D eigenvalue weighted by Crippen LogP contribution is -2.50. The van der Waals surface area contributed by atoms with Gasteiger partial charge >= 0.3 is 6.09 Å². The summed E-state index contributed by atoms with van der Waals surface area (Å²) in [5.41, 5.74) is 1.58. The number of nitrogens with one attached hydrogen (secondary N) is 1. The number of anilines is 2. The third-order valence-electron chi connectivity index (χ3n) is 7.80. The van der Waals surface area contributed by atoms with Gasteiger partial charge in [-0.15, -0.1) is 0 Å². The maximum Gasteiger partial charge on any atom is 0.410 e. The molecule has 2 aliphatic rings. The highest BCUT2D eigenvalue weighted by Gasteiger charge is 2.26. The zero-order valence-corrected chi connectivity index (χ0v) is 29.8. The number of amides is 1. The van der Waals surface area contributed by atoms with Gasteiger partial charge in [0.05, 0.1) is 22.3 Å². The van der Waals surface area contributed by atoms with E-state index >= 15 is 0 Å². The molecule has 0 saturated carbocycles. The molecular weight excluding hydrogens is 674 g/mol. The van der Waals surface area contributed by atoms with E-state index in [2.05, 4.69) is 14.6 Å². The second-order valence-electron chi connectivity index (χ2n) is 12.4. The summed E-state index contributed by atoms with van der Waals surface area (Å²) in [5, 5.41) is 0.298. The molecule has 6 rings (SSSR count). The van der Waals surface area contributed by atoms with Gasteiger partial charge in [0.1, 0.15) is 28.9 Å². The Morgan fingerprint density at radius 1 is 1.00 bits per heavy atom. The van der Waals surface area contributed by atoms with Crippen molar-refractivity contribution >= 4 is 52.1 Å². The number of fused-ring (bicyclic) bond motifs is 1. The third kappa shape index (κ3) is 8.75. The number of aromatic nitrogens is 2. The molecule has 1 N–H and O–H groups in total. The summed E-state index contributed by atoms with van der Waals surface area (Å²) in [7, 11) is 0. The molecule has 3 heterocycles. The lowest BCUT2D eigenvalue weighted by atomic mass is 10.2. The van der Waals surface area contributed by atoms with Crippen LogP contribution in [0.4, 0.5) is 25.0 Å². The van der Waals surface area contributed by atoms with Crippen molar-refractivity contribution in [3.8, 4) is 17.2 Å². The van der Waals surface area contributed by atoms with Crippen LogP contribution in [-0.4, -0.2) is 75.9 Å². The zero-order valence-electron chi connectivity index (χ0n) is 28.2. The minimum Gasteiger partial charge on any atom is -0.453 e. The smallest absolute Gasteiger partial charge is 0.410 e. The van der Waals surface area contributed by atoms with E-state index < -0.39 is 17.6 Å². The number of benzene rings is 3. The number of ether oxygens (including phenoxy) is 2. The van der Waals surface area contributed by atoms with E-state index in [-0.39, 0.29) is 33.6 Å². The molecule has 0 bridgehead atoms. The van der Waals surface area contributed by atoms with Crippen molar-refractivity contribution in [2.75, 3.05) is 48.9 Å². The molecule has 1 unspecified atom stereocenters. The maximum atomic E-state index is 14.9. The SMILES string of the molecule is CC.CC(C)(C)OC(=O)N1CCN(c2ccc(-n3cnc4ccc(Oc5c(F)ccc(NSN6CCC(F)C6)c5Cl)cc4c3=O)cc2)CC1. The molecule has 10 nitrogen and oxygen atoms in total. The minimum atomic E-state index is -0.877. The molecule has 3 aromatic carbocycles. The fourth-order valence-electron chi connectivity index (χ4n) is 5.35. The minimum absolute atomic E-state index is 0.0172. The molecule has 0 spiro atoms. The van der Waals surface area contributed by atoms with E-state index in [0.717, 1.165) is 5.69 Å². The monoisotopic (exact) mass is 714 g/mol. The Balaban J connectivity index is 0.00000230. The van der Waals surface area contributed by atoms with E-state index in [1.54, 1.807) is 17.0 Å². The number of hydrogen-bond acceptors (Lipinski definition) is 9. The standard InChI is InChI=1S/C33H35ClF2N6O4S.C2H6/c1-33(2,3)46-32(44)40-16-14-39(15-17-40)22-4-6-23(7-5-22)42-20-37-27-10-8-24(18-25(27)31(42)43)45-30-26(36)9-11-28(29(30)34)38-47-41-13-12-21(35)19-41;1-2/h4-11,18,20-21,38H,12-17,19H2,1-3H3;1-2H3. The Bertz CT molecular complexity index is 1830. The largest absolute Gasteiger partial charge is 0.453 e. The van der Waals surface area contributed by atoms with Gasteiger partial charge < -0.3 is 24.0 Å². The summed E-state index contributed by atoms with van der Waals surface area (Å²) in [5.74, 6) is -0.667. The Hall–Kier alpha value is -4.07. The molecule has 1 aromatic heterocycles. The molecule has 0 aliphatic carbocycles. The van der Waals surface area contributed by atoms with Gasteiger partial charge in [-0.2, -0.15) is 0 Å². The Morgan fingerprint density at radius 2 is 1.69 bits per heavy atom. The number of nitrogens with zero attached hydrogens (tertiary/aromatic N) is 5. The van der Waals surface area contributed by atoms with Gasteiger partial charge in [0.25, 0.3) is 5.56 Å². The van der Waals surface area contributed by atoms with Crippen LogP contribution in [-0.2, 0) is 4.74 Å². The van der Waals surface area contributed by atoms with Crippen molar-refractivity contribution in [2.45, 2.75) is 52.8 Å². The predicted octanol–water partition coefficient (Wildman–Crippen LogP) is 8.07. The fraction of sp³-hybridized carbons (Fsp3) is 0.400. The van der Waals surface area contributed by atoms with E-state index in [1.165, 1.54) is 41.2 Å². The quantitative estimate of drug-likeness (QED) is 0.191. The fourth-order valence-corrected chi connectivity index (χ4v) is 6.48. The van der Waals surface area contributed by atoms with E-state index in [0.29, 0.717) is 62.6 Å². The Morgan fingerprint density at radius 3 is 2.35 bits per heavy atom. The first-order valence-electron chi connectivity index (χ1n) is 16.3. The highest BCUT2D eigenvalue weighted by Crippen LogP contribution is 2.39. The van der Waals surface area contributed by atoms with Crippen LogP contribution in [0.25, 0.3) is 16.6 Å². The summed E-state index contributed by atoms with van der Waals surface area (Å²) in [4.78, 5) is 34.4. The summed E-state index contributed by atoms with van der Waals surface area (Å²) >= 11 is 7.71. The normalized spacial score (nSPS) is 16.7. The first-order chi connectivity index (χ1) is 23.4. The van der Waals surface area contributed by atoms with Crippen LogP contribution in [0.2, 0.25) is 5.02 Å². The van der Waals surface area contributed by atoms with Crippen LogP contribution in [0.1, 0.15) is 41.0 Å².